The number of nitrogens with two attached hydrogens (primary N) is 1. The van der Waals surface area contributed by atoms with E-state index in [1.165, 1.54) is 12.1 Å². The molecule has 0 aliphatic carbocycles. The number of H-pyrrole nitrogens is 1. The zero-order valence-corrected chi connectivity index (χ0v) is 21.6. The third-order valence-corrected chi connectivity index (χ3v) is 6.49. The van der Waals surface area contributed by atoms with Gasteiger partial charge in [0.15, 0.2) is 0 Å². The molecule has 0 fully saturated rings. The number of ether oxygens (including phenoxy) is 1. The number of esters is 1. The molecule has 0 unspecified atom stereocenters. The Hall–Kier alpha value is -4.71. The van der Waals surface area contributed by atoms with E-state index in [0.29, 0.717) is 46.9 Å². The fourth-order valence-electron chi connectivity index (χ4n) is 4.42. The monoisotopic (exact) mass is 537 g/mol. The fourth-order valence-corrected chi connectivity index (χ4v) is 4.55. The lowest BCUT2D eigenvalue weighted by Crippen LogP contribution is -2.13. The van der Waals surface area contributed by atoms with Crippen molar-refractivity contribution in [2.75, 3.05) is 6.54 Å². The summed E-state index contributed by atoms with van der Waals surface area (Å²) < 4.78 is 7.29. The van der Waals surface area contributed by atoms with E-state index < -0.39 is 5.97 Å². The van der Waals surface area contributed by atoms with E-state index in [1.54, 1.807) is 28.8 Å². The maximum Gasteiger partial charge on any atom is 0.311 e. The van der Waals surface area contributed by atoms with Crippen LogP contribution in [0, 0.1) is 11.3 Å². The Morgan fingerprint density at radius 2 is 1.85 bits per heavy atom. The highest BCUT2D eigenvalue weighted by Crippen LogP contribution is 2.35. The third-order valence-electron chi connectivity index (χ3n) is 6.24. The van der Waals surface area contributed by atoms with Crippen molar-refractivity contribution in [2.24, 2.45) is 5.73 Å². The lowest BCUT2D eigenvalue weighted by atomic mass is 10.0. The maximum absolute atomic E-state index is 13.0. The molecular weight excluding hydrogens is 514 g/mol. The van der Waals surface area contributed by atoms with Gasteiger partial charge in [-0.1, -0.05) is 54.1 Å². The molecule has 0 saturated carbocycles. The van der Waals surface area contributed by atoms with Gasteiger partial charge in [-0.15, -0.1) is 0 Å². The van der Waals surface area contributed by atoms with Crippen LogP contribution in [0.15, 0.2) is 83.7 Å². The number of halogens is 1. The molecule has 5 rings (SSSR count). The summed E-state index contributed by atoms with van der Waals surface area (Å²) in [5.74, 6) is -0.318. The fraction of sp³-hybridized carbons (Fsp3) is 0.133. The van der Waals surface area contributed by atoms with Gasteiger partial charge in [0.2, 0.25) is 0 Å². The molecule has 0 spiro atoms. The number of benzene rings is 3. The second-order valence-corrected chi connectivity index (χ2v) is 9.40. The van der Waals surface area contributed by atoms with Crippen molar-refractivity contribution in [3.63, 3.8) is 0 Å². The summed E-state index contributed by atoms with van der Waals surface area (Å²) in [6, 6.07) is 25.4. The minimum Gasteiger partial charge on any atom is -0.426 e. The zero-order chi connectivity index (χ0) is 27.4. The molecule has 0 saturated heterocycles. The standard InChI is InChI=1S/C30H24ClN5O3/c31-22-11-9-21(10-12-22)29-24(15-19-5-2-1-3-6-19)35-36-25(17-27(37)34-30(29)36)23-13-8-20(18-33)16-26(23)39-28(38)7-4-14-32/h1-3,5-6,8-13,16-17H,4,7,14-15,32H2,(H,34,37). The number of nitrogens with one attached hydrogen (secondary N) is 1. The smallest absolute Gasteiger partial charge is 0.311 e. The maximum atomic E-state index is 13.0. The van der Waals surface area contributed by atoms with Crippen LogP contribution < -0.4 is 16.0 Å². The van der Waals surface area contributed by atoms with E-state index >= 15 is 0 Å². The predicted molar refractivity (Wildman–Crippen MR) is 150 cm³/mol. The summed E-state index contributed by atoms with van der Waals surface area (Å²) in [4.78, 5) is 28.4. The number of fused-ring (bicyclic) bond motifs is 1. The van der Waals surface area contributed by atoms with Gasteiger partial charge in [0.1, 0.15) is 11.4 Å². The Balaban J connectivity index is 1.73. The Bertz CT molecular complexity index is 1750. The molecule has 3 aromatic carbocycles. The predicted octanol–water partition coefficient (Wildman–Crippen LogP) is 5.12. The summed E-state index contributed by atoms with van der Waals surface area (Å²) in [6.45, 7) is 0.347. The van der Waals surface area contributed by atoms with Gasteiger partial charge in [-0.3, -0.25) is 9.59 Å². The van der Waals surface area contributed by atoms with Gasteiger partial charge in [0.25, 0.3) is 5.56 Å². The molecule has 0 amide bonds. The quantitative estimate of drug-likeness (QED) is 0.209. The van der Waals surface area contributed by atoms with Crippen LogP contribution in [0.5, 0.6) is 5.75 Å². The molecule has 8 nitrogen and oxygen atoms in total. The number of aromatic amines is 1. The topological polar surface area (TPSA) is 126 Å². The molecular formula is C30H24ClN5O3. The van der Waals surface area contributed by atoms with Crippen LogP contribution >= 0.6 is 11.6 Å². The van der Waals surface area contributed by atoms with Crippen molar-refractivity contribution in [1.29, 1.82) is 5.26 Å². The highest BCUT2D eigenvalue weighted by molar-refractivity contribution is 6.30. The van der Waals surface area contributed by atoms with Gasteiger partial charge in [-0.2, -0.15) is 10.4 Å². The largest absolute Gasteiger partial charge is 0.426 e. The Labute approximate surface area is 229 Å². The first-order chi connectivity index (χ1) is 19.0. The Morgan fingerprint density at radius 3 is 2.56 bits per heavy atom. The van der Waals surface area contributed by atoms with Crippen LogP contribution in [-0.4, -0.2) is 27.1 Å². The van der Waals surface area contributed by atoms with Crippen molar-refractivity contribution in [2.45, 2.75) is 19.3 Å². The van der Waals surface area contributed by atoms with E-state index in [9.17, 15) is 14.9 Å². The molecule has 0 bridgehead atoms. The lowest BCUT2D eigenvalue weighted by Gasteiger charge is -2.12. The van der Waals surface area contributed by atoms with Crippen LogP contribution in [0.25, 0.3) is 28.0 Å². The van der Waals surface area contributed by atoms with Crippen LogP contribution in [0.4, 0.5) is 0 Å². The molecule has 3 N–H and O–H groups in total. The SMILES string of the molecule is N#Cc1ccc(-c2cc(=O)[nH]c3c(-c4ccc(Cl)cc4)c(Cc4ccccc4)nn23)c(OC(=O)CCCN)c1. The van der Waals surface area contributed by atoms with Crippen molar-refractivity contribution >= 4 is 23.2 Å². The number of nitrogens with zero attached hydrogens (tertiary/aromatic N) is 3. The van der Waals surface area contributed by atoms with E-state index in [0.717, 1.165) is 22.4 Å². The molecule has 0 aliphatic rings. The van der Waals surface area contributed by atoms with Crippen LogP contribution in [0.2, 0.25) is 5.02 Å². The van der Waals surface area contributed by atoms with Crippen LogP contribution in [0.3, 0.4) is 0 Å². The Morgan fingerprint density at radius 1 is 1.08 bits per heavy atom. The van der Waals surface area contributed by atoms with E-state index in [-0.39, 0.29) is 17.7 Å². The molecule has 2 heterocycles. The highest BCUT2D eigenvalue weighted by atomic mass is 35.5. The molecule has 0 aliphatic heterocycles. The molecule has 39 heavy (non-hydrogen) atoms. The lowest BCUT2D eigenvalue weighted by molar-refractivity contribution is -0.134. The van der Waals surface area contributed by atoms with Crippen LogP contribution in [-0.2, 0) is 11.2 Å². The average Bonchev–Trinajstić information content (AvgIpc) is 3.29. The normalized spacial score (nSPS) is 10.9. The number of aromatic nitrogens is 3. The molecule has 194 valence electrons. The summed E-state index contributed by atoms with van der Waals surface area (Å²) in [7, 11) is 0. The molecule has 2 aromatic heterocycles. The molecule has 5 aromatic rings. The summed E-state index contributed by atoms with van der Waals surface area (Å²) in [5.41, 5.74) is 10.2. The first-order valence-corrected chi connectivity index (χ1v) is 12.7. The van der Waals surface area contributed by atoms with Gasteiger partial charge in [0, 0.05) is 35.1 Å². The Kier molecular flexibility index (Phi) is 7.55. The van der Waals surface area contributed by atoms with Gasteiger partial charge in [-0.25, -0.2) is 4.52 Å². The van der Waals surface area contributed by atoms with Gasteiger partial charge in [-0.05, 0) is 54.4 Å². The molecule has 0 radical (unpaired) electrons. The van der Waals surface area contributed by atoms with Crippen molar-refractivity contribution in [1.82, 2.24) is 14.6 Å². The summed E-state index contributed by atoms with van der Waals surface area (Å²) in [6.07, 6.45) is 1.10. The van der Waals surface area contributed by atoms with Crippen molar-refractivity contribution in [3.8, 4) is 34.2 Å². The number of nitriles is 1. The summed E-state index contributed by atoms with van der Waals surface area (Å²) in [5, 5.41) is 15.0. The van der Waals surface area contributed by atoms with E-state index in [1.807, 2.05) is 42.5 Å². The van der Waals surface area contributed by atoms with Crippen molar-refractivity contribution < 1.29 is 9.53 Å². The van der Waals surface area contributed by atoms with Gasteiger partial charge >= 0.3 is 5.97 Å². The van der Waals surface area contributed by atoms with Crippen molar-refractivity contribution in [3.05, 3.63) is 111 Å². The number of carbonyl (C=O) groups is 1. The molecule has 9 heteroatoms. The third kappa shape index (κ3) is 5.60. The first kappa shape index (κ1) is 25.9. The number of carbonyl (C=O) groups excluding carboxylic acids is 1. The number of rotatable bonds is 8. The highest BCUT2D eigenvalue weighted by Gasteiger charge is 2.21. The second kappa shape index (κ2) is 11.4. The average molecular weight is 538 g/mol. The number of hydrogen-bond donors (Lipinski definition) is 2. The first-order valence-electron chi connectivity index (χ1n) is 12.4. The molecule has 0 atom stereocenters. The second-order valence-electron chi connectivity index (χ2n) is 8.96. The van der Waals surface area contributed by atoms with Crippen LogP contribution in [0.1, 0.15) is 29.7 Å². The minimum absolute atomic E-state index is 0.126. The number of hydrogen-bond acceptors (Lipinski definition) is 6. The van der Waals surface area contributed by atoms with E-state index in [4.69, 9.17) is 27.2 Å². The minimum atomic E-state index is -0.482. The van der Waals surface area contributed by atoms with Gasteiger partial charge in [0.05, 0.1) is 23.0 Å². The van der Waals surface area contributed by atoms with E-state index in [2.05, 4.69) is 11.1 Å². The summed E-state index contributed by atoms with van der Waals surface area (Å²) >= 11 is 6.16. The van der Waals surface area contributed by atoms with Gasteiger partial charge < -0.3 is 15.5 Å². The zero-order valence-electron chi connectivity index (χ0n) is 20.9.